The van der Waals surface area contributed by atoms with Crippen molar-refractivity contribution in [3.05, 3.63) is 52.8 Å². The number of aromatic nitrogens is 2. The molecule has 0 N–H and O–H groups in total. The van der Waals surface area contributed by atoms with Crippen molar-refractivity contribution in [2.75, 3.05) is 7.11 Å². The molecule has 0 unspecified atom stereocenters. The summed E-state index contributed by atoms with van der Waals surface area (Å²) >= 11 is 0. The summed E-state index contributed by atoms with van der Waals surface area (Å²) in [5.41, 5.74) is 3.05. The van der Waals surface area contributed by atoms with Crippen LogP contribution in [-0.4, -0.2) is 23.1 Å². The van der Waals surface area contributed by atoms with Crippen molar-refractivity contribution in [1.82, 2.24) is 10.2 Å². The van der Waals surface area contributed by atoms with Gasteiger partial charge in [-0.25, -0.2) is 0 Å². The van der Waals surface area contributed by atoms with E-state index in [9.17, 15) is 4.79 Å². The first-order chi connectivity index (χ1) is 8.63. The Bertz CT molecular complexity index is 580. The summed E-state index contributed by atoms with van der Waals surface area (Å²) in [6.07, 6.45) is 2.96. The smallest absolute Gasteiger partial charge is 0.198 e. The van der Waals surface area contributed by atoms with Gasteiger partial charge >= 0.3 is 0 Å². The van der Waals surface area contributed by atoms with Crippen LogP contribution in [0.5, 0.6) is 5.75 Å². The molecule has 0 aliphatic rings. The second-order valence-corrected chi connectivity index (χ2v) is 4.12. The van der Waals surface area contributed by atoms with Crippen molar-refractivity contribution in [2.24, 2.45) is 0 Å². The predicted molar refractivity (Wildman–Crippen MR) is 67.9 cm³/mol. The molecular weight excluding hydrogens is 228 g/mol. The Morgan fingerprint density at radius 3 is 2.61 bits per heavy atom. The molecular formula is C14H14N2O2. The second-order valence-electron chi connectivity index (χ2n) is 4.12. The van der Waals surface area contributed by atoms with Crippen LogP contribution in [0.1, 0.15) is 27.0 Å². The largest absolute Gasteiger partial charge is 0.496 e. The third-order valence-electron chi connectivity index (χ3n) is 2.74. The summed E-state index contributed by atoms with van der Waals surface area (Å²) in [5.74, 6) is 0.494. The Morgan fingerprint density at radius 1 is 1.22 bits per heavy atom. The lowest BCUT2D eigenvalue weighted by Crippen LogP contribution is -2.07. The van der Waals surface area contributed by atoms with E-state index in [0.29, 0.717) is 16.9 Å². The summed E-state index contributed by atoms with van der Waals surface area (Å²) < 4.78 is 5.29. The monoisotopic (exact) mass is 242 g/mol. The lowest BCUT2D eigenvalue weighted by Gasteiger charge is -2.11. The molecule has 0 atom stereocenters. The zero-order valence-electron chi connectivity index (χ0n) is 10.6. The molecule has 0 radical (unpaired) electrons. The van der Waals surface area contributed by atoms with Gasteiger partial charge in [-0.15, -0.1) is 0 Å². The van der Waals surface area contributed by atoms with Gasteiger partial charge in [0.15, 0.2) is 5.78 Å². The number of nitrogens with zero attached hydrogens (tertiary/aromatic N) is 2. The SMILES string of the molecule is COc1cc(C)cc(C)c1C(=O)c1ccnnc1. The molecule has 4 nitrogen and oxygen atoms in total. The lowest BCUT2D eigenvalue weighted by molar-refractivity contribution is 0.103. The maximum Gasteiger partial charge on any atom is 0.198 e. The van der Waals surface area contributed by atoms with Crippen molar-refractivity contribution < 1.29 is 9.53 Å². The zero-order valence-corrected chi connectivity index (χ0v) is 10.6. The number of hydrogen-bond acceptors (Lipinski definition) is 4. The van der Waals surface area contributed by atoms with E-state index in [1.54, 1.807) is 13.2 Å². The van der Waals surface area contributed by atoms with Gasteiger partial charge in [0.1, 0.15) is 5.75 Å². The standard InChI is InChI=1S/C14H14N2O2/c1-9-6-10(2)13(12(7-9)18-3)14(17)11-4-5-15-16-8-11/h4-8H,1-3H3. The second kappa shape index (κ2) is 4.96. The van der Waals surface area contributed by atoms with E-state index in [0.717, 1.165) is 11.1 Å². The van der Waals surface area contributed by atoms with Crippen LogP contribution >= 0.6 is 0 Å². The number of carbonyl (C=O) groups excluding carboxylic acids is 1. The summed E-state index contributed by atoms with van der Waals surface area (Å²) in [6.45, 7) is 3.87. The molecule has 1 aromatic heterocycles. The molecule has 18 heavy (non-hydrogen) atoms. The Labute approximate surface area is 106 Å². The van der Waals surface area contributed by atoms with E-state index >= 15 is 0 Å². The quantitative estimate of drug-likeness (QED) is 0.775. The van der Waals surface area contributed by atoms with Gasteiger partial charge in [0.05, 0.1) is 25.1 Å². The molecule has 0 saturated carbocycles. The number of methoxy groups -OCH3 is 1. The number of carbonyl (C=O) groups is 1. The molecule has 2 rings (SSSR count). The average molecular weight is 242 g/mol. The first kappa shape index (κ1) is 12.2. The van der Waals surface area contributed by atoms with Crippen LogP contribution in [0.2, 0.25) is 0 Å². The molecule has 4 heteroatoms. The van der Waals surface area contributed by atoms with E-state index in [1.807, 2.05) is 26.0 Å². The highest BCUT2D eigenvalue weighted by atomic mass is 16.5. The fourth-order valence-corrected chi connectivity index (χ4v) is 1.95. The fourth-order valence-electron chi connectivity index (χ4n) is 1.95. The number of ether oxygens (including phenoxy) is 1. The van der Waals surface area contributed by atoms with Gasteiger partial charge in [-0.3, -0.25) is 4.79 Å². The molecule has 0 bridgehead atoms. The third-order valence-corrected chi connectivity index (χ3v) is 2.74. The lowest BCUT2D eigenvalue weighted by atomic mass is 9.97. The minimum atomic E-state index is -0.0979. The number of hydrogen-bond donors (Lipinski definition) is 0. The van der Waals surface area contributed by atoms with Crippen LogP contribution in [0, 0.1) is 13.8 Å². The topological polar surface area (TPSA) is 52.1 Å². The van der Waals surface area contributed by atoms with Crippen LogP contribution < -0.4 is 4.74 Å². The third kappa shape index (κ3) is 2.22. The molecule has 0 saturated heterocycles. The van der Waals surface area contributed by atoms with Crippen molar-refractivity contribution in [3.63, 3.8) is 0 Å². The molecule has 1 heterocycles. The minimum Gasteiger partial charge on any atom is -0.496 e. The van der Waals surface area contributed by atoms with Gasteiger partial charge < -0.3 is 4.74 Å². The molecule has 0 spiro atoms. The molecule has 0 aliphatic carbocycles. The molecule has 2 aromatic rings. The number of rotatable bonds is 3. The maximum absolute atomic E-state index is 12.4. The Balaban J connectivity index is 2.55. The Kier molecular flexibility index (Phi) is 3.37. The minimum absolute atomic E-state index is 0.0979. The number of benzene rings is 1. The van der Waals surface area contributed by atoms with Gasteiger partial charge in [-0.2, -0.15) is 10.2 Å². The predicted octanol–water partition coefficient (Wildman–Crippen LogP) is 2.33. The summed E-state index contributed by atoms with van der Waals surface area (Å²) in [4.78, 5) is 12.4. The average Bonchev–Trinajstić information content (AvgIpc) is 2.38. The Morgan fingerprint density at radius 2 is 2.00 bits per heavy atom. The molecule has 0 aliphatic heterocycles. The van der Waals surface area contributed by atoms with E-state index < -0.39 is 0 Å². The molecule has 92 valence electrons. The van der Waals surface area contributed by atoms with Crippen LogP contribution in [0.15, 0.2) is 30.6 Å². The van der Waals surface area contributed by atoms with E-state index in [4.69, 9.17) is 4.74 Å². The molecule has 0 fully saturated rings. The normalized spacial score (nSPS) is 10.2. The van der Waals surface area contributed by atoms with E-state index in [2.05, 4.69) is 10.2 Å². The van der Waals surface area contributed by atoms with E-state index in [1.165, 1.54) is 12.4 Å². The highest BCUT2D eigenvalue weighted by Gasteiger charge is 2.17. The van der Waals surface area contributed by atoms with Crippen molar-refractivity contribution >= 4 is 5.78 Å². The fraction of sp³-hybridized carbons (Fsp3) is 0.214. The van der Waals surface area contributed by atoms with Crippen LogP contribution in [0.25, 0.3) is 0 Å². The number of ketones is 1. The zero-order chi connectivity index (χ0) is 13.1. The summed E-state index contributed by atoms with van der Waals surface area (Å²) in [7, 11) is 1.57. The van der Waals surface area contributed by atoms with Crippen molar-refractivity contribution in [2.45, 2.75) is 13.8 Å². The van der Waals surface area contributed by atoms with Crippen molar-refractivity contribution in [1.29, 1.82) is 0 Å². The maximum atomic E-state index is 12.4. The highest BCUT2D eigenvalue weighted by Crippen LogP contribution is 2.26. The van der Waals surface area contributed by atoms with Crippen LogP contribution in [-0.2, 0) is 0 Å². The first-order valence-corrected chi connectivity index (χ1v) is 5.60. The van der Waals surface area contributed by atoms with Crippen LogP contribution in [0.4, 0.5) is 0 Å². The van der Waals surface area contributed by atoms with Gasteiger partial charge in [0.25, 0.3) is 0 Å². The highest BCUT2D eigenvalue weighted by molar-refractivity contribution is 6.11. The van der Waals surface area contributed by atoms with E-state index in [-0.39, 0.29) is 5.78 Å². The molecule has 1 aromatic carbocycles. The van der Waals surface area contributed by atoms with Gasteiger partial charge in [0, 0.05) is 5.56 Å². The number of aryl methyl sites for hydroxylation is 2. The van der Waals surface area contributed by atoms with Gasteiger partial charge in [0.2, 0.25) is 0 Å². The summed E-state index contributed by atoms with van der Waals surface area (Å²) in [5, 5.41) is 7.39. The summed E-state index contributed by atoms with van der Waals surface area (Å²) in [6, 6.07) is 5.47. The van der Waals surface area contributed by atoms with Gasteiger partial charge in [-0.05, 0) is 37.1 Å². The van der Waals surface area contributed by atoms with Crippen LogP contribution in [0.3, 0.4) is 0 Å². The Hall–Kier alpha value is -2.23. The molecule has 0 amide bonds. The first-order valence-electron chi connectivity index (χ1n) is 5.60. The van der Waals surface area contributed by atoms with Gasteiger partial charge in [-0.1, -0.05) is 6.07 Å². The van der Waals surface area contributed by atoms with Crippen molar-refractivity contribution in [3.8, 4) is 5.75 Å².